The number of anilines is 2. The first-order valence-electron chi connectivity index (χ1n) is 11.2. The zero-order chi connectivity index (χ0) is 23.0. The summed E-state index contributed by atoms with van der Waals surface area (Å²) < 4.78 is 7.57. The molecule has 0 aliphatic carbocycles. The van der Waals surface area contributed by atoms with Crippen LogP contribution in [-0.4, -0.2) is 56.9 Å². The van der Waals surface area contributed by atoms with Crippen LogP contribution < -0.4 is 15.7 Å². The lowest BCUT2D eigenvalue weighted by Gasteiger charge is -2.27. The van der Waals surface area contributed by atoms with E-state index in [1.165, 1.54) is 6.08 Å². The summed E-state index contributed by atoms with van der Waals surface area (Å²) in [5, 5.41) is 12.1. The minimum absolute atomic E-state index is 0.532. The van der Waals surface area contributed by atoms with Crippen LogP contribution in [0, 0.1) is 0 Å². The molecule has 1 aromatic carbocycles. The number of amides is 1. The highest BCUT2D eigenvalue weighted by molar-refractivity contribution is 5.90. The van der Waals surface area contributed by atoms with Gasteiger partial charge in [-0.2, -0.15) is 9.97 Å². The monoisotopic (exact) mass is 451 g/mol. The number of imidazole rings is 1. The SMILES string of the molecule is CCCCn1cnc2c(NCc3cccc(/C=C/C(=O)NO)c3)nc(N3CCOCC3)nc21. The minimum Gasteiger partial charge on any atom is -0.378 e. The van der Waals surface area contributed by atoms with Crippen molar-refractivity contribution >= 4 is 34.9 Å². The highest BCUT2D eigenvalue weighted by Gasteiger charge is 2.19. The normalized spacial score (nSPS) is 14.2. The molecule has 0 atom stereocenters. The lowest BCUT2D eigenvalue weighted by atomic mass is 10.1. The van der Waals surface area contributed by atoms with Gasteiger partial charge in [0.2, 0.25) is 5.95 Å². The molecule has 0 unspecified atom stereocenters. The topological polar surface area (TPSA) is 117 Å². The number of hydrogen-bond acceptors (Lipinski definition) is 8. The van der Waals surface area contributed by atoms with Crippen molar-refractivity contribution in [3.8, 4) is 0 Å². The summed E-state index contributed by atoms with van der Waals surface area (Å²) in [7, 11) is 0. The van der Waals surface area contributed by atoms with Crippen molar-refractivity contribution in [3.63, 3.8) is 0 Å². The summed E-state index contributed by atoms with van der Waals surface area (Å²) in [5.41, 5.74) is 5.03. The molecule has 1 aliphatic heterocycles. The third-order valence-electron chi connectivity index (χ3n) is 5.45. The molecule has 10 nitrogen and oxygen atoms in total. The van der Waals surface area contributed by atoms with E-state index in [0.717, 1.165) is 54.8 Å². The molecular formula is C23H29N7O3. The van der Waals surface area contributed by atoms with Crippen molar-refractivity contribution in [3.05, 3.63) is 47.8 Å². The molecule has 0 saturated carbocycles. The van der Waals surface area contributed by atoms with E-state index in [0.29, 0.717) is 31.5 Å². The van der Waals surface area contributed by atoms with E-state index in [1.807, 2.05) is 30.6 Å². The van der Waals surface area contributed by atoms with E-state index in [4.69, 9.17) is 19.9 Å². The molecule has 3 N–H and O–H groups in total. The van der Waals surface area contributed by atoms with Gasteiger partial charge < -0.3 is 19.5 Å². The van der Waals surface area contributed by atoms with Gasteiger partial charge in [-0.25, -0.2) is 10.5 Å². The Morgan fingerprint density at radius 3 is 2.91 bits per heavy atom. The van der Waals surface area contributed by atoms with E-state index < -0.39 is 5.91 Å². The molecule has 1 aliphatic rings. The number of carbonyl (C=O) groups is 1. The van der Waals surface area contributed by atoms with Gasteiger partial charge in [-0.05, 0) is 29.7 Å². The fourth-order valence-corrected chi connectivity index (χ4v) is 3.65. The Hall–Kier alpha value is -3.50. The number of rotatable bonds is 9. The highest BCUT2D eigenvalue weighted by atomic mass is 16.5. The van der Waals surface area contributed by atoms with Crippen LogP contribution in [0.2, 0.25) is 0 Å². The molecule has 174 valence electrons. The number of hydroxylamine groups is 1. The number of carbonyl (C=O) groups excluding carboxylic acids is 1. The number of aryl methyl sites for hydroxylation is 1. The molecule has 0 bridgehead atoms. The molecule has 1 fully saturated rings. The predicted molar refractivity (Wildman–Crippen MR) is 126 cm³/mol. The van der Waals surface area contributed by atoms with Crippen LogP contribution >= 0.6 is 0 Å². The number of hydrogen-bond donors (Lipinski definition) is 3. The van der Waals surface area contributed by atoms with Crippen molar-refractivity contribution in [1.29, 1.82) is 0 Å². The fraction of sp³-hybridized carbons (Fsp3) is 0.391. The second-order valence-electron chi connectivity index (χ2n) is 7.84. The van der Waals surface area contributed by atoms with Gasteiger partial charge in [0.15, 0.2) is 17.0 Å². The van der Waals surface area contributed by atoms with Crippen LogP contribution in [0.1, 0.15) is 30.9 Å². The Bertz CT molecular complexity index is 1120. The number of unbranched alkanes of at least 4 members (excludes halogenated alkanes) is 1. The van der Waals surface area contributed by atoms with Crippen LogP contribution in [0.25, 0.3) is 17.2 Å². The van der Waals surface area contributed by atoms with Gasteiger partial charge >= 0.3 is 0 Å². The average molecular weight is 452 g/mol. The number of nitrogens with zero attached hydrogens (tertiary/aromatic N) is 5. The molecule has 0 radical (unpaired) electrons. The summed E-state index contributed by atoms with van der Waals surface area (Å²) in [6, 6.07) is 7.77. The summed E-state index contributed by atoms with van der Waals surface area (Å²) in [6.07, 6.45) is 6.90. The third-order valence-corrected chi connectivity index (χ3v) is 5.45. The van der Waals surface area contributed by atoms with E-state index in [-0.39, 0.29) is 0 Å². The van der Waals surface area contributed by atoms with Crippen molar-refractivity contribution in [1.82, 2.24) is 25.0 Å². The number of nitrogens with one attached hydrogen (secondary N) is 2. The Morgan fingerprint density at radius 2 is 2.12 bits per heavy atom. The molecule has 3 aromatic rings. The van der Waals surface area contributed by atoms with Crippen LogP contribution in [0.5, 0.6) is 0 Å². The molecule has 1 amide bonds. The lowest BCUT2D eigenvalue weighted by Crippen LogP contribution is -2.37. The standard InChI is InChI=1S/C23H29N7O3/c1-2-3-9-30-16-25-20-21(26-23(27-22(20)30)29-10-12-33-13-11-29)24-15-18-6-4-5-17(14-18)7-8-19(31)28-32/h4-8,14,16,32H,2-3,9-13,15H2,1H3,(H,28,31)(H,24,26,27)/b8-7+. The number of morpholine rings is 1. The maximum absolute atomic E-state index is 11.2. The fourth-order valence-electron chi connectivity index (χ4n) is 3.65. The van der Waals surface area contributed by atoms with Crippen LogP contribution in [0.4, 0.5) is 11.8 Å². The third kappa shape index (κ3) is 5.65. The largest absolute Gasteiger partial charge is 0.378 e. The van der Waals surface area contributed by atoms with E-state index in [9.17, 15) is 4.79 Å². The van der Waals surface area contributed by atoms with Gasteiger partial charge in [0.1, 0.15) is 0 Å². The molecule has 1 saturated heterocycles. The summed E-state index contributed by atoms with van der Waals surface area (Å²) >= 11 is 0. The molecule has 33 heavy (non-hydrogen) atoms. The first kappa shape index (κ1) is 22.7. The Morgan fingerprint density at radius 1 is 1.27 bits per heavy atom. The van der Waals surface area contributed by atoms with Crippen molar-refractivity contribution in [2.75, 3.05) is 36.5 Å². The van der Waals surface area contributed by atoms with Gasteiger partial charge in [0.25, 0.3) is 5.91 Å². The second kappa shape index (κ2) is 10.9. The van der Waals surface area contributed by atoms with E-state index >= 15 is 0 Å². The first-order valence-corrected chi connectivity index (χ1v) is 11.2. The summed E-state index contributed by atoms with van der Waals surface area (Å²) in [6.45, 7) is 6.39. The minimum atomic E-state index is -0.573. The smallest absolute Gasteiger partial charge is 0.267 e. The molecular weight excluding hydrogens is 422 g/mol. The molecule has 10 heteroatoms. The number of benzene rings is 1. The van der Waals surface area contributed by atoms with Crippen molar-refractivity contribution in [2.24, 2.45) is 0 Å². The summed E-state index contributed by atoms with van der Waals surface area (Å²) in [4.78, 5) is 27.6. The van der Waals surface area contributed by atoms with E-state index in [1.54, 1.807) is 11.6 Å². The Kier molecular flexibility index (Phi) is 7.48. The van der Waals surface area contributed by atoms with Gasteiger partial charge in [-0.3, -0.25) is 10.0 Å². The van der Waals surface area contributed by atoms with Gasteiger partial charge in [-0.15, -0.1) is 0 Å². The van der Waals surface area contributed by atoms with Crippen molar-refractivity contribution < 1.29 is 14.7 Å². The zero-order valence-corrected chi connectivity index (χ0v) is 18.7. The molecule has 2 aromatic heterocycles. The zero-order valence-electron chi connectivity index (χ0n) is 18.7. The van der Waals surface area contributed by atoms with Gasteiger partial charge in [0, 0.05) is 32.3 Å². The van der Waals surface area contributed by atoms with Crippen LogP contribution in [0.15, 0.2) is 36.7 Å². The quantitative estimate of drug-likeness (QED) is 0.258. The summed E-state index contributed by atoms with van der Waals surface area (Å²) in [5.74, 6) is 0.798. The predicted octanol–water partition coefficient (Wildman–Crippen LogP) is 2.59. The molecule has 3 heterocycles. The van der Waals surface area contributed by atoms with Gasteiger partial charge in [0.05, 0.1) is 19.5 Å². The Labute approximate surface area is 192 Å². The maximum Gasteiger partial charge on any atom is 0.267 e. The molecule has 0 spiro atoms. The number of aromatic nitrogens is 4. The average Bonchev–Trinajstić information content (AvgIpc) is 3.28. The van der Waals surface area contributed by atoms with Crippen LogP contribution in [-0.2, 0) is 22.6 Å². The number of ether oxygens (including phenoxy) is 1. The molecule has 4 rings (SSSR count). The highest BCUT2D eigenvalue weighted by Crippen LogP contribution is 2.24. The van der Waals surface area contributed by atoms with Gasteiger partial charge in [-0.1, -0.05) is 31.5 Å². The lowest BCUT2D eigenvalue weighted by molar-refractivity contribution is -0.124. The Balaban J connectivity index is 1.59. The number of fused-ring (bicyclic) bond motifs is 1. The van der Waals surface area contributed by atoms with E-state index in [2.05, 4.69) is 26.7 Å². The second-order valence-corrected chi connectivity index (χ2v) is 7.84. The van der Waals surface area contributed by atoms with Crippen molar-refractivity contribution in [2.45, 2.75) is 32.9 Å². The van der Waals surface area contributed by atoms with Crippen LogP contribution in [0.3, 0.4) is 0 Å². The maximum atomic E-state index is 11.2. The first-order chi connectivity index (χ1) is 16.2.